The SMILES string of the molecule is CCC1CCCCC1Nc1cc(Cl)nc(C2CC2)n1. The van der Waals surface area contributed by atoms with Gasteiger partial charge in [0.05, 0.1) is 0 Å². The third-order valence-corrected chi connectivity index (χ3v) is 4.62. The number of hydrogen-bond donors (Lipinski definition) is 1. The first kappa shape index (κ1) is 13.2. The summed E-state index contributed by atoms with van der Waals surface area (Å²) in [4.78, 5) is 8.99. The summed E-state index contributed by atoms with van der Waals surface area (Å²) in [6.07, 6.45) is 8.94. The lowest BCUT2D eigenvalue weighted by Crippen LogP contribution is -2.32. The molecule has 3 nitrogen and oxygen atoms in total. The number of aromatic nitrogens is 2. The zero-order chi connectivity index (χ0) is 13.2. The van der Waals surface area contributed by atoms with Crippen LogP contribution >= 0.6 is 11.6 Å². The first-order valence-electron chi connectivity index (χ1n) is 7.57. The second-order valence-electron chi connectivity index (χ2n) is 5.91. The fourth-order valence-corrected chi connectivity index (χ4v) is 3.30. The van der Waals surface area contributed by atoms with Crippen LogP contribution in [0.15, 0.2) is 6.07 Å². The Kier molecular flexibility index (Phi) is 3.92. The molecule has 0 aromatic carbocycles. The van der Waals surface area contributed by atoms with Crippen LogP contribution in [-0.4, -0.2) is 16.0 Å². The molecular formula is C15H22ClN3. The van der Waals surface area contributed by atoms with E-state index in [-0.39, 0.29) is 0 Å². The smallest absolute Gasteiger partial charge is 0.135 e. The topological polar surface area (TPSA) is 37.8 Å². The molecule has 1 aromatic rings. The lowest BCUT2D eigenvalue weighted by atomic mass is 9.83. The van der Waals surface area contributed by atoms with E-state index in [1.54, 1.807) is 0 Å². The van der Waals surface area contributed by atoms with Gasteiger partial charge >= 0.3 is 0 Å². The van der Waals surface area contributed by atoms with Crippen molar-refractivity contribution in [2.75, 3.05) is 5.32 Å². The minimum Gasteiger partial charge on any atom is -0.367 e. The number of nitrogens with one attached hydrogen (secondary N) is 1. The van der Waals surface area contributed by atoms with Crippen LogP contribution in [-0.2, 0) is 0 Å². The summed E-state index contributed by atoms with van der Waals surface area (Å²) in [6, 6.07) is 2.42. The van der Waals surface area contributed by atoms with Crippen LogP contribution < -0.4 is 5.32 Å². The van der Waals surface area contributed by atoms with Crippen molar-refractivity contribution in [3.05, 3.63) is 17.0 Å². The van der Waals surface area contributed by atoms with E-state index in [4.69, 9.17) is 11.6 Å². The Morgan fingerprint density at radius 2 is 2.00 bits per heavy atom. The summed E-state index contributed by atoms with van der Waals surface area (Å²) in [7, 11) is 0. The molecule has 2 saturated carbocycles. The third kappa shape index (κ3) is 3.19. The van der Waals surface area contributed by atoms with Gasteiger partial charge in [0.2, 0.25) is 0 Å². The maximum atomic E-state index is 6.12. The second kappa shape index (κ2) is 5.66. The van der Waals surface area contributed by atoms with Gasteiger partial charge < -0.3 is 5.32 Å². The van der Waals surface area contributed by atoms with E-state index in [0.717, 1.165) is 17.6 Å². The fourth-order valence-electron chi connectivity index (χ4n) is 3.11. The minimum absolute atomic E-state index is 0.549. The molecule has 2 unspecified atom stereocenters. The first-order chi connectivity index (χ1) is 9.26. The quantitative estimate of drug-likeness (QED) is 0.831. The summed E-state index contributed by atoms with van der Waals surface area (Å²) in [5, 5.41) is 4.18. The average Bonchev–Trinajstić information content (AvgIpc) is 3.23. The summed E-state index contributed by atoms with van der Waals surface area (Å²) >= 11 is 6.12. The van der Waals surface area contributed by atoms with E-state index in [2.05, 4.69) is 22.2 Å². The molecule has 0 amide bonds. The number of rotatable bonds is 4. The normalized spacial score (nSPS) is 27.3. The summed E-state index contributed by atoms with van der Waals surface area (Å²) in [6.45, 7) is 2.28. The van der Waals surface area contributed by atoms with Crippen molar-refractivity contribution in [2.24, 2.45) is 5.92 Å². The Bertz CT molecular complexity index is 445. The van der Waals surface area contributed by atoms with Gasteiger partial charge in [-0.3, -0.25) is 0 Å². The van der Waals surface area contributed by atoms with Crippen molar-refractivity contribution in [3.8, 4) is 0 Å². The number of nitrogens with zero attached hydrogens (tertiary/aromatic N) is 2. The van der Waals surface area contributed by atoms with Crippen molar-refractivity contribution in [2.45, 2.75) is 63.8 Å². The molecule has 1 N–H and O–H groups in total. The van der Waals surface area contributed by atoms with Crippen LogP contribution in [0.25, 0.3) is 0 Å². The first-order valence-corrected chi connectivity index (χ1v) is 7.95. The molecule has 0 spiro atoms. The molecule has 2 aliphatic rings. The van der Waals surface area contributed by atoms with Crippen LogP contribution in [0.4, 0.5) is 5.82 Å². The van der Waals surface area contributed by atoms with Crippen LogP contribution in [0.5, 0.6) is 0 Å². The maximum Gasteiger partial charge on any atom is 0.135 e. The van der Waals surface area contributed by atoms with Gasteiger partial charge in [0.15, 0.2) is 0 Å². The van der Waals surface area contributed by atoms with Crippen molar-refractivity contribution < 1.29 is 0 Å². The predicted molar refractivity (Wildman–Crippen MR) is 78.7 cm³/mol. The Morgan fingerprint density at radius 1 is 1.21 bits per heavy atom. The highest BCUT2D eigenvalue weighted by atomic mass is 35.5. The number of halogens is 1. The molecule has 1 heterocycles. The van der Waals surface area contributed by atoms with Gasteiger partial charge in [-0.05, 0) is 31.6 Å². The molecule has 4 heteroatoms. The molecule has 0 bridgehead atoms. The highest BCUT2D eigenvalue weighted by Crippen LogP contribution is 2.39. The lowest BCUT2D eigenvalue weighted by molar-refractivity contribution is 0.317. The van der Waals surface area contributed by atoms with Crippen LogP contribution in [0.3, 0.4) is 0 Å². The van der Waals surface area contributed by atoms with Crippen molar-refractivity contribution >= 4 is 17.4 Å². The van der Waals surface area contributed by atoms with E-state index in [9.17, 15) is 0 Å². The molecule has 0 aliphatic heterocycles. The highest BCUT2D eigenvalue weighted by Gasteiger charge is 2.28. The van der Waals surface area contributed by atoms with Gasteiger partial charge in [-0.25, -0.2) is 9.97 Å². The second-order valence-corrected chi connectivity index (χ2v) is 6.30. The van der Waals surface area contributed by atoms with Crippen LogP contribution in [0.1, 0.15) is 63.6 Å². The average molecular weight is 280 g/mol. The number of anilines is 1. The molecule has 0 radical (unpaired) electrons. The maximum absolute atomic E-state index is 6.12. The van der Waals surface area contributed by atoms with Crippen molar-refractivity contribution in [3.63, 3.8) is 0 Å². The molecule has 0 saturated heterocycles. The van der Waals surface area contributed by atoms with Crippen molar-refractivity contribution in [1.82, 2.24) is 9.97 Å². The zero-order valence-corrected chi connectivity index (χ0v) is 12.3. The molecule has 2 aliphatic carbocycles. The van der Waals surface area contributed by atoms with Gasteiger partial charge in [-0.15, -0.1) is 0 Å². The molecular weight excluding hydrogens is 258 g/mol. The Labute approximate surface area is 120 Å². The van der Waals surface area contributed by atoms with E-state index in [1.807, 2.05) is 6.07 Å². The molecule has 1 aromatic heterocycles. The van der Waals surface area contributed by atoms with E-state index < -0.39 is 0 Å². The molecule has 2 fully saturated rings. The Morgan fingerprint density at radius 3 is 2.74 bits per heavy atom. The molecule has 104 valence electrons. The largest absolute Gasteiger partial charge is 0.367 e. The van der Waals surface area contributed by atoms with E-state index in [1.165, 1.54) is 44.9 Å². The Hall–Kier alpha value is -0.830. The van der Waals surface area contributed by atoms with E-state index >= 15 is 0 Å². The number of hydrogen-bond acceptors (Lipinski definition) is 3. The summed E-state index contributed by atoms with van der Waals surface area (Å²) in [5.41, 5.74) is 0. The summed E-state index contributed by atoms with van der Waals surface area (Å²) in [5.74, 6) is 3.17. The summed E-state index contributed by atoms with van der Waals surface area (Å²) < 4.78 is 0. The molecule has 19 heavy (non-hydrogen) atoms. The third-order valence-electron chi connectivity index (χ3n) is 4.42. The molecule has 3 rings (SSSR count). The Balaban J connectivity index is 1.74. The predicted octanol–water partition coefficient (Wildman–Crippen LogP) is 4.39. The molecule has 2 atom stereocenters. The zero-order valence-electron chi connectivity index (χ0n) is 11.5. The monoisotopic (exact) mass is 279 g/mol. The van der Waals surface area contributed by atoms with Gasteiger partial charge in [0, 0.05) is 18.0 Å². The minimum atomic E-state index is 0.549. The standard InChI is InChI=1S/C15H22ClN3/c1-2-10-5-3-4-6-12(10)17-14-9-13(16)18-15(19-14)11-7-8-11/h9-12H,2-8H2,1H3,(H,17,18,19). The van der Waals surface area contributed by atoms with Gasteiger partial charge in [0.25, 0.3) is 0 Å². The lowest BCUT2D eigenvalue weighted by Gasteiger charge is -2.32. The highest BCUT2D eigenvalue weighted by molar-refractivity contribution is 6.29. The van der Waals surface area contributed by atoms with Gasteiger partial charge in [-0.1, -0.05) is 37.8 Å². The van der Waals surface area contributed by atoms with Crippen LogP contribution in [0.2, 0.25) is 5.15 Å². The fraction of sp³-hybridized carbons (Fsp3) is 0.733. The van der Waals surface area contributed by atoms with Gasteiger partial charge in [0.1, 0.15) is 16.8 Å². The van der Waals surface area contributed by atoms with Gasteiger partial charge in [-0.2, -0.15) is 0 Å². The van der Waals surface area contributed by atoms with Crippen molar-refractivity contribution in [1.29, 1.82) is 0 Å². The van der Waals surface area contributed by atoms with E-state index in [0.29, 0.717) is 17.1 Å². The van der Waals surface area contributed by atoms with Crippen LogP contribution in [0, 0.1) is 5.92 Å².